The number of likely N-dealkylation sites (tertiary alicyclic amines) is 1. The Morgan fingerprint density at radius 1 is 1.10 bits per heavy atom. The van der Waals surface area contributed by atoms with Crippen molar-refractivity contribution in [1.29, 1.82) is 0 Å². The summed E-state index contributed by atoms with van der Waals surface area (Å²) in [4.78, 5) is 53.2. The Balaban J connectivity index is 1.66. The number of hydrogen-bond donors (Lipinski definition) is 4. The van der Waals surface area contributed by atoms with Crippen molar-refractivity contribution in [2.75, 3.05) is 11.9 Å². The van der Waals surface area contributed by atoms with Crippen LogP contribution >= 0.6 is 0 Å². The summed E-state index contributed by atoms with van der Waals surface area (Å²) in [5, 5.41) is 6.70. The first-order chi connectivity index (χ1) is 19.4. The first-order valence-corrected chi connectivity index (χ1v) is 13.0. The fourth-order valence-electron chi connectivity index (χ4n) is 5.35. The quantitative estimate of drug-likeness (QED) is 0.381. The Bertz CT molecular complexity index is 1430. The number of fused-ring (bicyclic) bond motifs is 2. The van der Waals surface area contributed by atoms with Crippen LogP contribution < -0.4 is 21.7 Å². The highest BCUT2D eigenvalue weighted by molar-refractivity contribution is 6.07. The van der Waals surface area contributed by atoms with E-state index in [2.05, 4.69) is 10.6 Å². The largest absolute Gasteiger partial charge is 0.471 e. The summed E-state index contributed by atoms with van der Waals surface area (Å²) in [7, 11) is 0. The summed E-state index contributed by atoms with van der Waals surface area (Å²) in [6.07, 6.45) is -6.87. The number of carbonyl (C=O) groups is 4. The number of nitrogens with one attached hydrogen (secondary N) is 3. The molecular weight excluding hydrogens is 565 g/mol. The average molecular weight is 596 g/mol. The number of halogens is 5. The lowest BCUT2D eigenvalue weighted by Crippen LogP contribution is -2.60. The average Bonchev–Trinajstić information content (AvgIpc) is 3.37. The topological polar surface area (TPSA) is 134 Å². The van der Waals surface area contributed by atoms with E-state index in [9.17, 15) is 41.1 Å². The van der Waals surface area contributed by atoms with Gasteiger partial charge < -0.3 is 26.6 Å². The van der Waals surface area contributed by atoms with E-state index >= 15 is 0 Å². The molecule has 0 bridgehead atoms. The summed E-state index contributed by atoms with van der Waals surface area (Å²) in [5.41, 5.74) is 4.32. The predicted octanol–water partition coefficient (Wildman–Crippen LogP) is 2.49. The van der Waals surface area contributed by atoms with Gasteiger partial charge in [-0.25, -0.2) is 8.78 Å². The van der Waals surface area contributed by atoms with Gasteiger partial charge in [-0.2, -0.15) is 13.2 Å². The van der Waals surface area contributed by atoms with E-state index in [-0.39, 0.29) is 18.5 Å². The Hall–Kier alpha value is -4.07. The third-order valence-electron chi connectivity index (χ3n) is 7.52. The van der Waals surface area contributed by atoms with Gasteiger partial charge in [0.2, 0.25) is 17.7 Å². The third kappa shape index (κ3) is 5.94. The highest BCUT2D eigenvalue weighted by atomic mass is 19.4. The zero-order chi connectivity index (χ0) is 31.2. The molecule has 0 unspecified atom stereocenters. The molecule has 0 aliphatic carbocycles. The van der Waals surface area contributed by atoms with Gasteiger partial charge in [0.15, 0.2) is 0 Å². The summed E-state index contributed by atoms with van der Waals surface area (Å²) >= 11 is 0. The van der Waals surface area contributed by atoms with Crippen molar-refractivity contribution >= 4 is 29.3 Å². The molecule has 2 aliphatic rings. The normalized spacial score (nSPS) is 21.5. The van der Waals surface area contributed by atoms with Crippen molar-refractivity contribution in [2.45, 2.75) is 63.5 Å². The zero-order valence-corrected chi connectivity index (χ0v) is 22.9. The minimum Gasteiger partial charge on any atom is -0.342 e. The number of carbonyl (C=O) groups excluding carboxylic acids is 4. The Labute approximate surface area is 238 Å². The highest BCUT2D eigenvalue weighted by Gasteiger charge is 2.56. The molecule has 4 rings (SSSR count). The van der Waals surface area contributed by atoms with Crippen molar-refractivity contribution in [3.05, 3.63) is 65.2 Å². The van der Waals surface area contributed by atoms with Crippen LogP contribution in [0.5, 0.6) is 0 Å². The molecule has 42 heavy (non-hydrogen) atoms. The number of alkyl halides is 3. The van der Waals surface area contributed by atoms with Crippen LogP contribution in [0.1, 0.15) is 38.3 Å². The molecule has 1 fully saturated rings. The molecule has 2 heterocycles. The van der Waals surface area contributed by atoms with E-state index in [4.69, 9.17) is 5.73 Å². The summed E-state index contributed by atoms with van der Waals surface area (Å²) in [6.45, 7) is 3.94. The van der Waals surface area contributed by atoms with E-state index in [1.54, 1.807) is 5.32 Å². The van der Waals surface area contributed by atoms with Crippen molar-refractivity contribution in [3.63, 3.8) is 0 Å². The first-order valence-electron chi connectivity index (χ1n) is 13.0. The van der Waals surface area contributed by atoms with Crippen LogP contribution in [0.15, 0.2) is 42.5 Å². The lowest BCUT2D eigenvalue weighted by atomic mass is 9.80. The second-order valence-electron chi connectivity index (χ2n) is 11.6. The van der Waals surface area contributed by atoms with Crippen LogP contribution in [-0.4, -0.2) is 59.5 Å². The van der Waals surface area contributed by atoms with Crippen LogP contribution in [-0.2, 0) is 31.0 Å². The molecule has 0 saturated carbocycles. The van der Waals surface area contributed by atoms with E-state index in [0.717, 1.165) is 11.0 Å². The minimum atomic E-state index is -5.28. The van der Waals surface area contributed by atoms with Crippen molar-refractivity contribution in [1.82, 2.24) is 15.5 Å². The van der Waals surface area contributed by atoms with Gasteiger partial charge >= 0.3 is 12.1 Å². The molecule has 226 valence electrons. The van der Waals surface area contributed by atoms with Gasteiger partial charge in [-0.1, -0.05) is 39.0 Å². The van der Waals surface area contributed by atoms with Gasteiger partial charge in [-0.05, 0) is 40.8 Å². The summed E-state index contributed by atoms with van der Waals surface area (Å²) in [5.74, 6) is -6.14. The summed E-state index contributed by atoms with van der Waals surface area (Å²) < 4.78 is 67.8. The molecule has 2 aromatic carbocycles. The fraction of sp³-hybridized carbons (Fsp3) is 0.429. The van der Waals surface area contributed by atoms with Crippen LogP contribution in [0, 0.1) is 17.0 Å². The molecule has 1 spiro atoms. The van der Waals surface area contributed by atoms with Gasteiger partial charge in [0, 0.05) is 25.1 Å². The number of benzene rings is 2. The van der Waals surface area contributed by atoms with Gasteiger partial charge in [0.1, 0.15) is 23.7 Å². The molecule has 0 aromatic heterocycles. The maximum absolute atomic E-state index is 14.6. The summed E-state index contributed by atoms with van der Waals surface area (Å²) in [6, 6.07) is 5.82. The smallest absolute Gasteiger partial charge is 0.342 e. The number of hydrogen-bond acceptors (Lipinski definition) is 5. The lowest BCUT2D eigenvalue weighted by Gasteiger charge is -2.33. The Morgan fingerprint density at radius 3 is 2.38 bits per heavy atom. The Morgan fingerprint density at radius 2 is 1.76 bits per heavy atom. The molecule has 14 heteroatoms. The molecule has 4 atom stereocenters. The van der Waals surface area contributed by atoms with E-state index in [1.165, 1.54) is 57.2 Å². The van der Waals surface area contributed by atoms with E-state index < -0.39 is 76.9 Å². The molecule has 5 N–H and O–H groups in total. The molecule has 4 amide bonds. The standard InChI is InChI=1S/C28H30F5N5O4/c1-26(2,3)21(37-25(42)28(31,32)33)22(39)35-19(10-14-6-4-5-7-17(14)30)23(40)38-13-27(12-20(38)34)16-11-15(29)8-9-18(16)36-24(27)41/h4-9,11,19-21H,10,12-13,34H2,1-3H3,(H,35,39)(H,36,41)(H,37,42)/t19-,20-,21+,27-/m0/s1. The number of anilines is 1. The molecule has 0 radical (unpaired) electrons. The van der Waals surface area contributed by atoms with Gasteiger partial charge in [0.05, 0.1) is 11.6 Å². The van der Waals surface area contributed by atoms with E-state index in [0.29, 0.717) is 11.3 Å². The predicted molar refractivity (Wildman–Crippen MR) is 140 cm³/mol. The van der Waals surface area contributed by atoms with E-state index in [1.807, 2.05) is 0 Å². The fourth-order valence-corrected chi connectivity index (χ4v) is 5.35. The Kier molecular flexibility index (Phi) is 8.06. The second-order valence-corrected chi connectivity index (χ2v) is 11.6. The van der Waals surface area contributed by atoms with Crippen molar-refractivity contribution in [2.24, 2.45) is 11.1 Å². The van der Waals surface area contributed by atoms with Crippen molar-refractivity contribution < 1.29 is 41.1 Å². The number of nitrogens with two attached hydrogens (primary N) is 1. The van der Waals surface area contributed by atoms with Gasteiger partial charge in [-0.15, -0.1) is 0 Å². The molecule has 1 saturated heterocycles. The highest BCUT2D eigenvalue weighted by Crippen LogP contribution is 2.46. The van der Waals surface area contributed by atoms with Crippen LogP contribution in [0.2, 0.25) is 0 Å². The number of amides is 4. The molecule has 2 aliphatic heterocycles. The minimum absolute atomic E-state index is 0.0105. The second kappa shape index (κ2) is 11.0. The van der Waals surface area contributed by atoms with Crippen LogP contribution in [0.3, 0.4) is 0 Å². The molecule has 2 aromatic rings. The van der Waals surface area contributed by atoms with Crippen molar-refractivity contribution in [3.8, 4) is 0 Å². The monoisotopic (exact) mass is 595 g/mol. The maximum atomic E-state index is 14.6. The number of rotatable bonds is 6. The first kappa shape index (κ1) is 30.9. The zero-order valence-electron chi connectivity index (χ0n) is 22.9. The maximum Gasteiger partial charge on any atom is 0.471 e. The van der Waals surface area contributed by atoms with Crippen LogP contribution in [0.25, 0.3) is 0 Å². The van der Waals surface area contributed by atoms with Gasteiger partial charge in [0.25, 0.3) is 0 Å². The third-order valence-corrected chi connectivity index (χ3v) is 7.52. The molecule has 9 nitrogen and oxygen atoms in total. The number of nitrogens with zero attached hydrogens (tertiary/aromatic N) is 1. The SMILES string of the molecule is CC(C)(C)[C@H](NC(=O)C(F)(F)F)C(=O)N[C@@H](Cc1ccccc1F)C(=O)N1C[C@]2(C[C@H]1N)C(=O)Nc1ccc(F)cc12. The molecular formula is C28H30F5N5O4. The van der Waals surface area contributed by atoms with Gasteiger partial charge in [-0.3, -0.25) is 19.2 Å². The lowest BCUT2D eigenvalue weighted by molar-refractivity contribution is -0.175. The van der Waals surface area contributed by atoms with Crippen LogP contribution in [0.4, 0.5) is 27.6 Å².